The van der Waals surface area contributed by atoms with Gasteiger partial charge in [-0.3, -0.25) is 9.59 Å². The highest BCUT2D eigenvalue weighted by Gasteiger charge is 2.24. The van der Waals surface area contributed by atoms with Crippen molar-refractivity contribution < 1.29 is 14.7 Å². The molecular weight excluding hydrogens is 300 g/mol. The van der Waals surface area contributed by atoms with E-state index in [9.17, 15) is 9.59 Å². The number of carbonyl (C=O) groups excluding carboxylic acids is 1. The summed E-state index contributed by atoms with van der Waals surface area (Å²) in [7, 11) is 0. The minimum atomic E-state index is -0.910. The van der Waals surface area contributed by atoms with Gasteiger partial charge < -0.3 is 10.0 Å². The molecule has 1 aromatic carbocycles. The quantitative estimate of drug-likeness (QED) is 0.889. The Labute approximate surface area is 133 Å². The van der Waals surface area contributed by atoms with E-state index >= 15 is 0 Å². The number of aryl methyl sites for hydroxylation is 1. The van der Waals surface area contributed by atoms with Gasteiger partial charge in [-0.25, -0.2) is 4.98 Å². The number of carboxylic acids is 1. The number of nitrogens with zero attached hydrogens (tertiary/aromatic N) is 2. The van der Waals surface area contributed by atoms with Gasteiger partial charge in [-0.05, 0) is 12.5 Å². The molecule has 0 aliphatic rings. The lowest BCUT2D eigenvalue weighted by Crippen LogP contribution is -2.36. The Balaban J connectivity index is 2.23. The first-order valence-corrected chi connectivity index (χ1v) is 7.83. The predicted molar refractivity (Wildman–Crippen MR) is 84.8 cm³/mol. The Kier molecular flexibility index (Phi) is 5.27. The van der Waals surface area contributed by atoms with Crippen molar-refractivity contribution in [3.63, 3.8) is 0 Å². The highest BCUT2D eigenvalue weighted by molar-refractivity contribution is 7.11. The fourth-order valence-electron chi connectivity index (χ4n) is 2.08. The smallest absolute Gasteiger partial charge is 0.308 e. The van der Waals surface area contributed by atoms with Crippen molar-refractivity contribution in [2.75, 3.05) is 6.54 Å². The summed E-state index contributed by atoms with van der Waals surface area (Å²) in [5.41, 5.74) is 3.27. The van der Waals surface area contributed by atoms with Gasteiger partial charge in [-0.2, -0.15) is 0 Å². The molecule has 1 heterocycles. The molecule has 2 aromatic rings. The van der Waals surface area contributed by atoms with Gasteiger partial charge in [0.25, 0.3) is 5.91 Å². The maximum atomic E-state index is 12.7. The third kappa shape index (κ3) is 3.92. The van der Waals surface area contributed by atoms with Crippen LogP contribution in [0.3, 0.4) is 0 Å². The Morgan fingerprint density at radius 2 is 2.00 bits per heavy atom. The molecule has 1 amide bonds. The zero-order valence-electron chi connectivity index (χ0n) is 12.5. The lowest BCUT2D eigenvalue weighted by Gasteiger charge is -2.24. The summed E-state index contributed by atoms with van der Waals surface area (Å²) in [5.74, 6) is -1.70. The van der Waals surface area contributed by atoms with Crippen LogP contribution in [0.5, 0.6) is 0 Å². The molecule has 0 saturated heterocycles. The molecule has 116 valence electrons. The molecule has 0 spiro atoms. The highest BCUT2D eigenvalue weighted by atomic mass is 32.1. The number of hydrogen-bond donors (Lipinski definition) is 1. The van der Waals surface area contributed by atoms with Gasteiger partial charge in [0, 0.05) is 13.1 Å². The molecule has 0 bridgehead atoms. The number of rotatable bonds is 6. The zero-order chi connectivity index (χ0) is 16.1. The Hall–Kier alpha value is -2.21. The van der Waals surface area contributed by atoms with Gasteiger partial charge in [0.1, 0.15) is 4.88 Å². The molecule has 22 heavy (non-hydrogen) atoms. The second-order valence-corrected chi connectivity index (χ2v) is 6.03. The number of hydrogen-bond acceptors (Lipinski definition) is 4. The minimum Gasteiger partial charge on any atom is -0.481 e. The van der Waals surface area contributed by atoms with E-state index in [0.29, 0.717) is 17.1 Å². The van der Waals surface area contributed by atoms with Crippen molar-refractivity contribution in [3.8, 4) is 0 Å². The summed E-state index contributed by atoms with van der Waals surface area (Å²) in [6, 6.07) is 9.55. The lowest BCUT2D eigenvalue weighted by molar-refractivity contribution is -0.141. The molecule has 0 fully saturated rings. The normalized spacial score (nSPS) is 11.9. The van der Waals surface area contributed by atoms with Gasteiger partial charge in [-0.15, -0.1) is 11.3 Å². The molecule has 6 heteroatoms. The maximum absolute atomic E-state index is 12.7. The molecule has 0 aliphatic heterocycles. The predicted octanol–water partition coefficient (Wildman–Crippen LogP) is 2.81. The number of aliphatic carboxylic acids is 1. The summed E-state index contributed by atoms with van der Waals surface area (Å²) < 4.78 is 0. The average Bonchev–Trinajstić information content (AvgIpc) is 2.92. The topological polar surface area (TPSA) is 70.5 Å². The molecule has 0 radical (unpaired) electrons. The molecule has 1 aromatic heterocycles. The van der Waals surface area contributed by atoms with E-state index in [1.165, 1.54) is 11.3 Å². The summed E-state index contributed by atoms with van der Waals surface area (Å²) in [6.07, 6.45) is 0. The first kappa shape index (κ1) is 16.2. The number of amides is 1. The monoisotopic (exact) mass is 318 g/mol. The summed E-state index contributed by atoms with van der Waals surface area (Å²) in [5, 5.41) is 9.12. The summed E-state index contributed by atoms with van der Waals surface area (Å²) in [6.45, 7) is 3.94. The van der Waals surface area contributed by atoms with E-state index in [1.807, 2.05) is 30.3 Å². The molecule has 2 rings (SSSR count). The van der Waals surface area contributed by atoms with E-state index in [4.69, 9.17) is 5.11 Å². The van der Waals surface area contributed by atoms with Crippen molar-refractivity contribution in [2.45, 2.75) is 20.4 Å². The van der Waals surface area contributed by atoms with Crippen LogP contribution >= 0.6 is 11.3 Å². The summed E-state index contributed by atoms with van der Waals surface area (Å²) in [4.78, 5) is 30.0. The standard InChI is InChI=1S/C16H18N2O3S/c1-11(16(20)21)8-18(9-13-6-4-3-5-7-13)15(19)14-12(2)17-10-22-14/h3-7,10-11H,8-9H2,1-2H3,(H,20,21). The van der Waals surface area contributed by atoms with Crippen LogP contribution in [0.2, 0.25) is 0 Å². The SMILES string of the molecule is Cc1ncsc1C(=O)N(Cc1ccccc1)CC(C)C(=O)O. The van der Waals surface area contributed by atoms with Gasteiger partial charge >= 0.3 is 5.97 Å². The van der Waals surface area contributed by atoms with Crippen LogP contribution in [0.4, 0.5) is 0 Å². The number of benzene rings is 1. The minimum absolute atomic E-state index is 0.167. The van der Waals surface area contributed by atoms with Crippen molar-refractivity contribution in [2.24, 2.45) is 5.92 Å². The van der Waals surface area contributed by atoms with Crippen LogP contribution in [-0.2, 0) is 11.3 Å². The highest BCUT2D eigenvalue weighted by Crippen LogP contribution is 2.18. The van der Waals surface area contributed by atoms with Crippen LogP contribution in [-0.4, -0.2) is 33.4 Å². The number of carboxylic acid groups (broad SMARTS) is 1. The second kappa shape index (κ2) is 7.17. The number of aromatic nitrogens is 1. The maximum Gasteiger partial charge on any atom is 0.308 e. The molecule has 0 aliphatic carbocycles. The first-order chi connectivity index (χ1) is 10.5. The number of thiazole rings is 1. The van der Waals surface area contributed by atoms with E-state index in [1.54, 1.807) is 24.3 Å². The second-order valence-electron chi connectivity index (χ2n) is 5.18. The lowest BCUT2D eigenvalue weighted by atomic mass is 10.1. The van der Waals surface area contributed by atoms with Crippen molar-refractivity contribution in [1.82, 2.24) is 9.88 Å². The van der Waals surface area contributed by atoms with Crippen LogP contribution in [0.1, 0.15) is 27.9 Å². The summed E-state index contributed by atoms with van der Waals surface area (Å²) >= 11 is 1.28. The van der Waals surface area contributed by atoms with E-state index in [2.05, 4.69) is 4.98 Å². The third-order valence-corrected chi connectivity index (χ3v) is 4.28. The van der Waals surface area contributed by atoms with Crippen molar-refractivity contribution in [1.29, 1.82) is 0 Å². The fourth-order valence-corrected chi connectivity index (χ4v) is 2.85. The van der Waals surface area contributed by atoms with E-state index in [0.717, 1.165) is 5.56 Å². The van der Waals surface area contributed by atoms with Gasteiger partial charge in [-0.1, -0.05) is 37.3 Å². The van der Waals surface area contributed by atoms with Gasteiger partial charge in [0.05, 0.1) is 17.1 Å². The Morgan fingerprint density at radius 1 is 1.32 bits per heavy atom. The van der Waals surface area contributed by atoms with Crippen LogP contribution in [0.15, 0.2) is 35.8 Å². The van der Waals surface area contributed by atoms with Crippen LogP contribution in [0.25, 0.3) is 0 Å². The van der Waals surface area contributed by atoms with Gasteiger partial charge in [0.15, 0.2) is 0 Å². The number of carbonyl (C=O) groups is 2. The first-order valence-electron chi connectivity index (χ1n) is 6.95. The van der Waals surface area contributed by atoms with Crippen molar-refractivity contribution >= 4 is 23.2 Å². The van der Waals surface area contributed by atoms with Crippen molar-refractivity contribution in [3.05, 3.63) is 52.0 Å². The average molecular weight is 318 g/mol. The van der Waals surface area contributed by atoms with E-state index < -0.39 is 11.9 Å². The zero-order valence-corrected chi connectivity index (χ0v) is 13.3. The van der Waals surface area contributed by atoms with E-state index in [-0.39, 0.29) is 12.5 Å². The molecule has 1 unspecified atom stereocenters. The molecule has 1 N–H and O–H groups in total. The third-order valence-electron chi connectivity index (χ3n) is 3.36. The molecular formula is C16H18N2O3S. The van der Waals surface area contributed by atoms with Gasteiger partial charge in [0.2, 0.25) is 0 Å². The largest absolute Gasteiger partial charge is 0.481 e. The van der Waals surface area contributed by atoms with Crippen LogP contribution < -0.4 is 0 Å². The molecule has 0 saturated carbocycles. The molecule has 5 nitrogen and oxygen atoms in total. The van der Waals surface area contributed by atoms with Crippen LogP contribution in [0, 0.1) is 12.8 Å². The Morgan fingerprint density at radius 3 is 2.55 bits per heavy atom. The Bertz CT molecular complexity index is 654. The molecule has 1 atom stereocenters. The fraction of sp³-hybridized carbons (Fsp3) is 0.312.